The summed E-state index contributed by atoms with van der Waals surface area (Å²) in [6.45, 7) is 2.35. The first-order valence-electron chi connectivity index (χ1n) is 6.02. The van der Waals surface area contributed by atoms with Crippen LogP contribution in [0.5, 0.6) is 11.5 Å². The summed E-state index contributed by atoms with van der Waals surface area (Å²) in [5.41, 5.74) is 7.21. The molecule has 0 radical (unpaired) electrons. The van der Waals surface area contributed by atoms with Crippen molar-refractivity contribution in [2.45, 2.75) is 13.3 Å². The van der Waals surface area contributed by atoms with Crippen LogP contribution in [0.2, 0.25) is 5.02 Å². The van der Waals surface area contributed by atoms with Crippen LogP contribution in [-0.2, 0) is 6.42 Å². The summed E-state index contributed by atoms with van der Waals surface area (Å²) < 4.78 is 19.0. The lowest BCUT2D eigenvalue weighted by molar-refractivity contribution is 0.473. The highest BCUT2D eigenvalue weighted by molar-refractivity contribution is 6.31. The van der Waals surface area contributed by atoms with Crippen molar-refractivity contribution in [3.63, 3.8) is 0 Å². The largest absolute Gasteiger partial charge is 0.457 e. The molecular weight excluding hydrogens is 265 g/mol. The first kappa shape index (κ1) is 13.8. The van der Waals surface area contributed by atoms with Gasteiger partial charge in [-0.1, -0.05) is 11.6 Å². The molecule has 0 saturated carbocycles. The van der Waals surface area contributed by atoms with E-state index in [2.05, 4.69) is 0 Å². The minimum Gasteiger partial charge on any atom is -0.457 e. The number of hydrogen-bond acceptors (Lipinski definition) is 2. The van der Waals surface area contributed by atoms with Crippen LogP contribution >= 0.6 is 11.6 Å². The number of halogens is 2. The highest BCUT2D eigenvalue weighted by Gasteiger charge is 2.07. The van der Waals surface area contributed by atoms with Crippen LogP contribution in [0.25, 0.3) is 0 Å². The third kappa shape index (κ3) is 3.46. The zero-order valence-corrected chi connectivity index (χ0v) is 11.4. The maximum Gasteiger partial charge on any atom is 0.130 e. The van der Waals surface area contributed by atoms with Crippen LogP contribution in [0.3, 0.4) is 0 Å². The molecule has 0 aliphatic rings. The van der Waals surface area contributed by atoms with Gasteiger partial charge in [-0.2, -0.15) is 0 Å². The molecule has 2 nitrogen and oxygen atoms in total. The van der Waals surface area contributed by atoms with Crippen LogP contribution < -0.4 is 10.5 Å². The van der Waals surface area contributed by atoms with E-state index in [4.69, 9.17) is 22.1 Å². The van der Waals surface area contributed by atoms with Crippen LogP contribution in [0.1, 0.15) is 11.1 Å². The van der Waals surface area contributed by atoms with Crippen LogP contribution in [0.15, 0.2) is 36.4 Å². The summed E-state index contributed by atoms with van der Waals surface area (Å²) in [6, 6.07) is 9.84. The van der Waals surface area contributed by atoms with Gasteiger partial charge in [-0.15, -0.1) is 0 Å². The lowest BCUT2D eigenvalue weighted by atomic mass is 10.1. The normalized spacial score (nSPS) is 10.5. The molecule has 2 aromatic rings. The molecule has 4 heteroatoms. The maximum absolute atomic E-state index is 13.2. The van der Waals surface area contributed by atoms with Gasteiger partial charge in [-0.25, -0.2) is 4.39 Å². The van der Waals surface area contributed by atoms with Gasteiger partial charge in [0, 0.05) is 5.02 Å². The Morgan fingerprint density at radius 2 is 2.00 bits per heavy atom. The third-order valence-corrected chi connectivity index (χ3v) is 3.22. The summed E-state index contributed by atoms with van der Waals surface area (Å²) >= 11 is 5.96. The fourth-order valence-corrected chi connectivity index (χ4v) is 1.92. The summed E-state index contributed by atoms with van der Waals surface area (Å²) in [6.07, 6.45) is 0.569. The van der Waals surface area contributed by atoms with Gasteiger partial charge < -0.3 is 10.5 Å². The van der Waals surface area contributed by atoms with Gasteiger partial charge in [0.25, 0.3) is 0 Å². The Hall–Kier alpha value is -1.58. The van der Waals surface area contributed by atoms with E-state index >= 15 is 0 Å². The Bertz CT molecular complexity index is 586. The molecule has 0 bridgehead atoms. The van der Waals surface area contributed by atoms with E-state index in [1.807, 2.05) is 13.0 Å². The van der Waals surface area contributed by atoms with Gasteiger partial charge in [0.15, 0.2) is 0 Å². The van der Waals surface area contributed by atoms with E-state index in [0.717, 1.165) is 11.1 Å². The number of rotatable bonds is 4. The average molecular weight is 280 g/mol. The number of nitrogens with two attached hydrogens (primary N) is 1. The molecule has 0 atom stereocenters. The molecule has 0 aromatic heterocycles. The molecule has 0 unspecified atom stereocenters. The number of benzene rings is 2. The van der Waals surface area contributed by atoms with Gasteiger partial charge in [-0.05, 0) is 67.4 Å². The second-order valence-electron chi connectivity index (χ2n) is 4.30. The second-order valence-corrected chi connectivity index (χ2v) is 4.71. The molecule has 2 N–H and O–H groups in total. The van der Waals surface area contributed by atoms with Crippen molar-refractivity contribution in [2.24, 2.45) is 5.73 Å². The Labute approximate surface area is 117 Å². The van der Waals surface area contributed by atoms with Gasteiger partial charge in [0.05, 0.1) is 0 Å². The van der Waals surface area contributed by atoms with Gasteiger partial charge in [-0.3, -0.25) is 0 Å². The zero-order chi connectivity index (χ0) is 13.8. The molecule has 0 fully saturated rings. The minimum atomic E-state index is -0.289. The molecule has 0 heterocycles. The second kappa shape index (κ2) is 6.04. The predicted molar refractivity (Wildman–Crippen MR) is 75.4 cm³/mol. The van der Waals surface area contributed by atoms with E-state index in [9.17, 15) is 4.39 Å². The molecular formula is C15H15ClFNO. The minimum absolute atomic E-state index is 0.289. The highest BCUT2D eigenvalue weighted by Crippen LogP contribution is 2.29. The van der Waals surface area contributed by atoms with Crippen molar-refractivity contribution < 1.29 is 9.13 Å². The topological polar surface area (TPSA) is 35.2 Å². The lowest BCUT2D eigenvalue weighted by Gasteiger charge is -2.11. The SMILES string of the molecule is Cc1cc(Oc2ccc(F)cc2CCN)ccc1Cl. The Kier molecular flexibility index (Phi) is 4.40. The molecule has 0 spiro atoms. The number of ether oxygens (including phenoxy) is 1. The predicted octanol–water partition coefficient (Wildman–Crippen LogP) is 4.08. The third-order valence-electron chi connectivity index (χ3n) is 2.79. The molecule has 0 saturated heterocycles. The molecule has 2 rings (SSSR count). The molecule has 0 amide bonds. The quantitative estimate of drug-likeness (QED) is 0.915. The van der Waals surface area contributed by atoms with Gasteiger partial charge >= 0.3 is 0 Å². The van der Waals surface area contributed by atoms with E-state index < -0.39 is 0 Å². The molecule has 19 heavy (non-hydrogen) atoms. The van der Waals surface area contributed by atoms with Gasteiger partial charge in [0.2, 0.25) is 0 Å². The zero-order valence-electron chi connectivity index (χ0n) is 10.6. The molecule has 100 valence electrons. The first-order chi connectivity index (χ1) is 9.10. The first-order valence-corrected chi connectivity index (χ1v) is 6.40. The number of hydrogen-bond donors (Lipinski definition) is 1. The highest BCUT2D eigenvalue weighted by atomic mass is 35.5. The van der Waals surface area contributed by atoms with Crippen molar-refractivity contribution in [1.29, 1.82) is 0 Å². The Morgan fingerprint density at radius 3 is 2.68 bits per heavy atom. The van der Waals surface area contributed by atoms with E-state index in [1.165, 1.54) is 12.1 Å². The van der Waals surface area contributed by atoms with E-state index in [-0.39, 0.29) is 5.82 Å². The van der Waals surface area contributed by atoms with Crippen molar-refractivity contribution in [3.8, 4) is 11.5 Å². The lowest BCUT2D eigenvalue weighted by Crippen LogP contribution is -2.04. The van der Waals surface area contributed by atoms with E-state index in [0.29, 0.717) is 29.5 Å². The van der Waals surface area contributed by atoms with Crippen molar-refractivity contribution in [3.05, 3.63) is 58.4 Å². The molecule has 0 aliphatic carbocycles. The smallest absolute Gasteiger partial charge is 0.130 e. The fraction of sp³-hybridized carbons (Fsp3) is 0.200. The van der Waals surface area contributed by atoms with Crippen molar-refractivity contribution in [2.75, 3.05) is 6.54 Å². The standard InChI is InChI=1S/C15H15ClFNO/c1-10-8-13(3-4-14(10)16)19-15-5-2-12(17)9-11(15)6-7-18/h2-5,8-9H,6-7,18H2,1H3. The van der Waals surface area contributed by atoms with Crippen LogP contribution in [0, 0.1) is 12.7 Å². The van der Waals surface area contributed by atoms with Crippen LogP contribution in [0.4, 0.5) is 4.39 Å². The van der Waals surface area contributed by atoms with Crippen molar-refractivity contribution in [1.82, 2.24) is 0 Å². The summed E-state index contributed by atoms with van der Waals surface area (Å²) in [7, 11) is 0. The average Bonchev–Trinajstić information content (AvgIpc) is 2.37. The maximum atomic E-state index is 13.2. The Morgan fingerprint density at radius 1 is 1.21 bits per heavy atom. The fourth-order valence-electron chi connectivity index (χ4n) is 1.81. The van der Waals surface area contributed by atoms with Crippen LogP contribution in [-0.4, -0.2) is 6.54 Å². The van der Waals surface area contributed by atoms with E-state index in [1.54, 1.807) is 18.2 Å². The molecule has 2 aromatic carbocycles. The number of aryl methyl sites for hydroxylation is 1. The summed E-state index contributed by atoms with van der Waals surface area (Å²) in [5.74, 6) is 1.00. The summed E-state index contributed by atoms with van der Waals surface area (Å²) in [5, 5.41) is 0.689. The summed E-state index contributed by atoms with van der Waals surface area (Å²) in [4.78, 5) is 0. The van der Waals surface area contributed by atoms with Gasteiger partial charge in [0.1, 0.15) is 17.3 Å². The van der Waals surface area contributed by atoms with Crippen molar-refractivity contribution >= 4 is 11.6 Å². The molecule has 0 aliphatic heterocycles. The monoisotopic (exact) mass is 279 g/mol. The Balaban J connectivity index is 2.29.